The highest BCUT2D eigenvalue weighted by molar-refractivity contribution is 9.10. The third-order valence-corrected chi connectivity index (χ3v) is 6.02. The lowest BCUT2D eigenvalue weighted by molar-refractivity contribution is -0.130. The zero-order chi connectivity index (χ0) is 24.3. The van der Waals surface area contributed by atoms with Crippen LogP contribution >= 0.6 is 15.9 Å². The molecule has 2 amide bonds. The Kier molecular flexibility index (Phi) is 9.64. The summed E-state index contributed by atoms with van der Waals surface area (Å²) in [7, 11) is 0. The number of aromatic nitrogens is 2. The van der Waals surface area contributed by atoms with Gasteiger partial charge in [-0.25, -0.2) is 4.98 Å². The number of para-hydroxylation sites is 2. The number of carbonyl (C=O) groups is 2. The van der Waals surface area contributed by atoms with Crippen molar-refractivity contribution in [1.29, 1.82) is 0 Å². The summed E-state index contributed by atoms with van der Waals surface area (Å²) in [6.45, 7) is 9.33. The molecule has 0 saturated carbocycles. The molecule has 6 nitrogen and oxygen atoms in total. The molecule has 1 N–H and O–H groups in total. The van der Waals surface area contributed by atoms with Gasteiger partial charge in [0.05, 0.1) is 11.0 Å². The van der Waals surface area contributed by atoms with Crippen molar-refractivity contribution in [1.82, 2.24) is 19.8 Å². The van der Waals surface area contributed by atoms with E-state index in [4.69, 9.17) is 4.98 Å². The zero-order valence-electron chi connectivity index (χ0n) is 19.4. The third-order valence-electron chi connectivity index (χ3n) is 5.53. The van der Waals surface area contributed by atoms with E-state index in [0.29, 0.717) is 25.2 Å². The second-order valence-corrected chi connectivity index (χ2v) is 8.97. The summed E-state index contributed by atoms with van der Waals surface area (Å²) in [5.41, 5.74) is 2.50. The first-order valence-corrected chi connectivity index (χ1v) is 12.3. The number of benzene rings is 2. The van der Waals surface area contributed by atoms with Crippen LogP contribution in [0.4, 0.5) is 0 Å². The quantitative estimate of drug-likeness (QED) is 0.249. The minimum absolute atomic E-state index is 0.0134. The van der Waals surface area contributed by atoms with Crippen LogP contribution in [0.2, 0.25) is 0 Å². The minimum Gasteiger partial charge on any atom is -0.352 e. The molecule has 0 unspecified atom stereocenters. The molecule has 0 radical (unpaired) electrons. The van der Waals surface area contributed by atoms with E-state index in [9.17, 15) is 9.59 Å². The SMILES string of the molecule is C=CCN(CC=C)C(=O)Cn1c(CCCCCNC(=O)c2cccc(Br)c2)nc2ccccc21. The Balaban J connectivity index is 1.56. The van der Waals surface area contributed by atoms with Gasteiger partial charge >= 0.3 is 0 Å². The Bertz CT molecular complexity index is 1140. The monoisotopic (exact) mass is 522 g/mol. The van der Waals surface area contributed by atoms with Crippen LogP contribution in [0.15, 0.2) is 78.3 Å². The maximum Gasteiger partial charge on any atom is 0.251 e. The molecule has 0 spiro atoms. The topological polar surface area (TPSA) is 67.2 Å². The van der Waals surface area contributed by atoms with E-state index in [2.05, 4.69) is 34.4 Å². The lowest BCUT2D eigenvalue weighted by Gasteiger charge is -2.20. The molecule has 1 heterocycles. The van der Waals surface area contributed by atoms with Crippen LogP contribution in [0.25, 0.3) is 11.0 Å². The first kappa shape index (κ1) is 25.4. The van der Waals surface area contributed by atoms with Crippen molar-refractivity contribution in [2.45, 2.75) is 32.2 Å². The maximum atomic E-state index is 12.9. The molecule has 3 aromatic rings. The molecule has 7 heteroatoms. The van der Waals surface area contributed by atoms with E-state index in [1.807, 2.05) is 47.0 Å². The average Bonchev–Trinajstić information content (AvgIpc) is 3.18. The van der Waals surface area contributed by atoms with Crippen LogP contribution in [0.5, 0.6) is 0 Å². The van der Waals surface area contributed by atoms with Crippen LogP contribution < -0.4 is 5.32 Å². The van der Waals surface area contributed by atoms with E-state index in [1.165, 1.54) is 0 Å². The maximum absolute atomic E-state index is 12.9. The van der Waals surface area contributed by atoms with Gasteiger partial charge in [0.15, 0.2) is 0 Å². The van der Waals surface area contributed by atoms with Crippen molar-refractivity contribution < 1.29 is 9.59 Å². The number of nitrogens with zero attached hydrogens (tertiary/aromatic N) is 3. The van der Waals surface area contributed by atoms with Crippen molar-refractivity contribution in [2.24, 2.45) is 0 Å². The van der Waals surface area contributed by atoms with E-state index in [0.717, 1.165) is 47.0 Å². The van der Waals surface area contributed by atoms with Crippen LogP contribution in [0.3, 0.4) is 0 Å². The number of hydrogen-bond acceptors (Lipinski definition) is 3. The fraction of sp³-hybridized carbons (Fsp3) is 0.296. The zero-order valence-corrected chi connectivity index (χ0v) is 21.0. The molecule has 3 rings (SSSR count). The molecule has 1 aromatic heterocycles. The van der Waals surface area contributed by atoms with Crippen LogP contribution in [0.1, 0.15) is 35.4 Å². The number of amides is 2. The van der Waals surface area contributed by atoms with Crippen molar-refractivity contribution >= 4 is 38.8 Å². The molecular weight excluding hydrogens is 492 g/mol. The van der Waals surface area contributed by atoms with E-state index < -0.39 is 0 Å². The van der Waals surface area contributed by atoms with Gasteiger partial charge in [0.2, 0.25) is 5.91 Å². The summed E-state index contributed by atoms with van der Waals surface area (Å²) in [6.07, 6.45) is 6.98. The molecular formula is C27H31BrN4O2. The fourth-order valence-electron chi connectivity index (χ4n) is 3.84. The number of nitrogens with one attached hydrogen (secondary N) is 1. The van der Waals surface area contributed by atoms with Crippen molar-refractivity contribution in [3.05, 3.63) is 89.7 Å². The van der Waals surface area contributed by atoms with E-state index >= 15 is 0 Å². The Labute approximate surface area is 209 Å². The summed E-state index contributed by atoms with van der Waals surface area (Å²) >= 11 is 3.39. The Hall–Kier alpha value is -3.19. The van der Waals surface area contributed by atoms with E-state index in [-0.39, 0.29) is 18.4 Å². The lowest BCUT2D eigenvalue weighted by atomic mass is 10.1. The molecule has 0 saturated heterocycles. The predicted octanol–water partition coefficient (Wildman–Crippen LogP) is 5.14. The number of imidazole rings is 1. The van der Waals surface area contributed by atoms with Gasteiger partial charge in [-0.05, 0) is 43.2 Å². The van der Waals surface area contributed by atoms with Crippen LogP contribution in [0, 0.1) is 0 Å². The van der Waals surface area contributed by atoms with Gasteiger partial charge in [-0.15, -0.1) is 13.2 Å². The Morgan fingerprint density at radius 3 is 2.53 bits per heavy atom. The molecule has 34 heavy (non-hydrogen) atoms. The van der Waals surface area contributed by atoms with Gasteiger partial charge in [-0.3, -0.25) is 9.59 Å². The molecule has 0 atom stereocenters. The number of hydrogen-bond donors (Lipinski definition) is 1. The van der Waals surface area contributed by atoms with Crippen LogP contribution in [-0.4, -0.2) is 45.9 Å². The first-order valence-electron chi connectivity index (χ1n) is 11.5. The molecule has 2 aromatic carbocycles. The highest BCUT2D eigenvalue weighted by Gasteiger charge is 2.17. The molecule has 0 bridgehead atoms. The number of carbonyl (C=O) groups excluding carboxylic acids is 2. The Morgan fingerprint density at radius 1 is 1.03 bits per heavy atom. The largest absolute Gasteiger partial charge is 0.352 e. The number of aryl methyl sites for hydroxylation is 1. The van der Waals surface area contributed by atoms with Crippen molar-refractivity contribution in [2.75, 3.05) is 19.6 Å². The highest BCUT2D eigenvalue weighted by atomic mass is 79.9. The number of rotatable bonds is 13. The molecule has 0 aliphatic heterocycles. The number of unbranched alkanes of at least 4 members (excludes halogenated alkanes) is 2. The summed E-state index contributed by atoms with van der Waals surface area (Å²) in [5.74, 6) is 0.856. The van der Waals surface area contributed by atoms with Crippen molar-refractivity contribution in [3.63, 3.8) is 0 Å². The summed E-state index contributed by atoms with van der Waals surface area (Å²) < 4.78 is 2.91. The van der Waals surface area contributed by atoms with Gasteiger partial charge in [0.1, 0.15) is 12.4 Å². The summed E-state index contributed by atoms with van der Waals surface area (Å²) in [5, 5.41) is 2.97. The molecule has 178 valence electrons. The average molecular weight is 523 g/mol. The fourth-order valence-corrected chi connectivity index (χ4v) is 4.24. The normalized spacial score (nSPS) is 10.7. The Morgan fingerprint density at radius 2 is 1.79 bits per heavy atom. The van der Waals surface area contributed by atoms with Gasteiger partial charge < -0.3 is 14.8 Å². The van der Waals surface area contributed by atoms with Gasteiger partial charge in [0.25, 0.3) is 5.91 Å². The molecule has 0 aliphatic rings. The molecule has 0 aliphatic carbocycles. The standard InChI is InChI=1S/C27H31BrN4O2/c1-3-17-31(18-4-2)26(33)20-32-24-14-8-7-13-23(24)30-25(32)15-6-5-9-16-29-27(34)21-11-10-12-22(28)19-21/h3-4,7-8,10-14,19H,1-2,5-6,9,15-18,20H2,(H,29,34). The van der Waals surface area contributed by atoms with Gasteiger partial charge in [-0.1, -0.05) is 52.7 Å². The van der Waals surface area contributed by atoms with Crippen molar-refractivity contribution in [3.8, 4) is 0 Å². The highest BCUT2D eigenvalue weighted by Crippen LogP contribution is 2.18. The second-order valence-electron chi connectivity index (χ2n) is 8.06. The number of fused-ring (bicyclic) bond motifs is 1. The summed E-state index contributed by atoms with van der Waals surface area (Å²) in [4.78, 5) is 31.7. The van der Waals surface area contributed by atoms with Gasteiger partial charge in [-0.2, -0.15) is 0 Å². The number of halogens is 1. The van der Waals surface area contributed by atoms with Gasteiger partial charge in [0, 0.05) is 36.1 Å². The summed E-state index contributed by atoms with van der Waals surface area (Å²) in [6, 6.07) is 15.3. The molecule has 0 fully saturated rings. The first-order chi connectivity index (χ1) is 16.5. The second kappa shape index (κ2) is 12.9. The van der Waals surface area contributed by atoms with E-state index in [1.54, 1.807) is 23.1 Å². The lowest BCUT2D eigenvalue weighted by Crippen LogP contribution is -2.34. The predicted molar refractivity (Wildman–Crippen MR) is 141 cm³/mol. The minimum atomic E-state index is -0.0646. The third kappa shape index (κ3) is 6.90. The smallest absolute Gasteiger partial charge is 0.251 e. The van der Waals surface area contributed by atoms with Crippen LogP contribution in [-0.2, 0) is 17.8 Å².